The molecule has 2 aromatic carbocycles. The molecule has 1 heterocycles. The van der Waals surface area contributed by atoms with Gasteiger partial charge in [0.1, 0.15) is 17.2 Å². The number of para-hydroxylation sites is 1. The topological polar surface area (TPSA) is 40.7 Å². The number of hydrogen-bond donors (Lipinski definition) is 2. The summed E-state index contributed by atoms with van der Waals surface area (Å²) in [5.74, 6) is -0.711. The van der Waals surface area contributed by atoms with Gasteiger partial charge in [-0.2, -0.15) is 0 Å². The Hall–Kier alpha value is -2.43. The number of halogens is 2. The number of imidazole rings is 1. The molecular weight excluding hydrogens is 248 g/mol. The minimum absolute atomic E-state index is 0.159. The SMILES string of the molecule is Fc1cc(F)c2nc(CNc3ccccc3)[nH]c2c1. The summed E-state index contributed by atoms with van der Waals surface area (Å²) < 4.78 is 26.5. The van der Waals surface area contributed by atoms with Gasteiger partial charge >= 0.3 is 0 Å². The monoisotopic (exact) mass is 259 g/mol. The maximum Gasteiger partial charge on any atom is 0.153 e. The minimum Gasteiger partial charge on any atom is -0.378 e. The average Bonchev–Trinajstić information content (AvgIpc) is 2.81. The van der Waals surface area contributed by atoms with Gasteiger partial charge in [0, 0.05) is 11.8 Å². The third-order valence-electron chi connectivity index (χ3n) is 2.79. The van der Waals surface area contributed by atoms with Crippen LogP contribution in [0.2, 0.25) is 0 Å². The number of aromatic amines is 1. The van der Waals surface area contributed by atoms with Gasteiger partial charge in [0.2, 0.25) is 0 Å². The summed E-state index contributed by atoms with van der Waals surface area (Å²) in [5.41, 5.74) is 1.46. The average molecular weight is 259 g/mol. The molecule has 3 nitrogen and oxygen atoms in total. The van der Waals surface area contributed by atoms with Crippen molar-refractivity contribution in [3.05, 3.63) is 59.9 Å². The maximum atomic E-state index is 13.5. The molecule has 0 amide bonds. The fraction of sp³-hybridized carbons (Fsp3) is 0.0714. The molecule has 5 heteroatoms. The van der Waals surface area contributed by atoms with E-state index in [0.717, 1.165) is 11.8 Å². The van der Waals surface area contributed by atoms with Gasteiger partial charge in [0.05, 0.1) is 12.1 Å². The summed E-state index contributed by atoms with van der Waals surface area (Å²) in [6, 6.07) is 11.7. The van der Waals surface area contributed by atoms with Crippen LogP contribution in [-0.4, -0.2) is 9.97 Å². The number of anilines is 1. The zero-order chi connectivity index (χ0) is 13.2. The van der Waals surface area contributed by atoms with E-state index < -0.39 is 11.6 Å². The summed E-state index contributed by atoms with van der Waals surface area (Å²) in [6.45, 7) is 0.416. The van der Waals surface area contributed by atoms with Crippen LogP contribution < -0.4 is 5.32 Å². The number of H-pyrrole nitrogens is 1. The van der Waals surface area contributed by atoms with Gasteiger partial charge in [0.25, 0.3) is 0 Å². The molecule has 96 valence electrons. The van der Waals surface area contributed by atoms with Crippen LogP contribution in [0.25, 0.3) is 11.0 Å². The fourth-order valence-electron chi connectivity index (χ4n) is 1.92. The zero-order valence-corrected chi connectivity index (χ0v) is 9.95. The van der Waals surface area contributed by atoms with Crippen molar-refractivity contribution in [2.75, 3.05) is 5.32 Å². The van der Waals surface area contributed by atoms with E-state index in [1.807, 2.05) is 30.3 Å². The summed E-state index contributed by atoms with van der Waals surface area (Å²) in [5, 5.41) is 3.15. The molecule has 0 spiro atoms. The molecule has 0 atom stereocenters. The second kappa shape index (κ2) is 4.68. The van der Waals surface area contributed by atoms with E-state index in [-0.39, 0.29) is 5.52 Å². The number of aromatic nitrogens is 2. The number of nitrogens with one attached hydrogen (secondary N) is 2. The van der Waals surface area contributed by atoms with Crippen LogP contribution in [0.4, 0.5) is 14.5 Å². The maximum absolute atomic E-state index is 13.5. The Morgan fingerprint density at radius 2 is 1.89 bits per heavy atom. The fourth-order valence-corrected chi connectivity index (χ4v) is 1.92. The van der Waals surface area contributed by atoms with Gasteiger partial charge < -0.3 is 10.3 Å². The molecule has 1 aromatic heterocycles. The molecular formula is C14H11F2N3. The van der Waals surface area contributed by atoms with E-state index >= 15 is 0 Å². The first kappa shape index (κ1) is 11.6. The molecule has 19 heavy (non-hydrogen) atoms. The Bertz CT molecular complexity index is 707. The van der Waals surface area contributed by atoms with Crippen LogP contribution >= 0.6 is 0 Å². The molecule has 3 aromatic rings. The second-order valence-electron chi connectivity index (χ2n) is 4.19. The van der Waals surface area contributed by atoms with Crippen molar-refractivity contribution < 1.29 is 8.78 Å². The molecule has 0 aliphatic rings. The number of fused-ring (bicyclic) bond motifs is 1. The first-order valence-corrected chi connectivity index (χ1v) is 5.85. The molecule has 0 aliphatic heterocycles. The first-order chi connectivity index (χ1) is 9.22. The smallest absolute Gasteiger partial charge is 0.153 e. The van der Waals surface area contributed by atoms with Crippen molar-refractivity contribution in [2.45, 2.75) is 6.54 Å². The van der Waals surface area contributed by atoms with Crippen molar-refractivity contribution in [1.82, 2.24) is 9.97 Å². The van der Waals surface area contributed by atoms with Gasteiger partial charge in [-0.15, -0.1) is 0 Å². The minimum atomic E-state index is -0.655. The van der Waals surface area contributed by atoms with Crippen LogP contribution in [0.15, 0.2) is 42.5 Å². The van der Waals surface area contributed by atoms with Crippen LogP contribution in [0.1, 0.15) is 5.82 Å². The Balaban J connectivity index is 1.84. The molecule has 0 unspecified atom stereocenters. The zero-order valence-electron chi connectivity index (χ0n) is 9.95. The number of hydrogen-bond acceptors (Lipinski definition) is 2. The van der Waals surface area contributed by atoms with Crippen LogP contribution in [0, 0.1) is 11.6 Å². The summed E-state index contributed by atoms with van der Waals surface area (Å²) in [4.78, 5) is 7.00. The van der Waals surface area contributed by atoms with Crippen molar-refractivity contribution in [3.8, 4) is 0 Å². The molecule has 0 fully saturated rings. The summed E-state index contributed by atoms with van der Waals surface area (Å²) >= 11 is 0. The van der Waals surface area contributed by atoms with Gasteiger partial charge in [0.15, 0.2) is 5.82 Å². The van der Waals surface area contributed by atoms with Gasteiger partial charge in [-0.05, 0) is 18.2 Å². The lowest BCUT2D eigenvalue weighted by molar-refractivity contribution is 0.590. The van der Waals surface area contributed by atoms with Gasteiger partial charge in [-0.25, -0.2) is 13.8 Å². The molecule has 0 radical (unpaired) electrons. The molecule has 0 saturated carbocycles. The van der Waals surface area contributed by atoms with Crippen molar-refractivity contribution >= 4 is 16.7 Å². The van der Waals surface area contributed by atoms with E-state index in [2.05, 4.69) is 15.3 Å². The lowest BCUT2D eigenvalue weighted by Crippen LogP contribution is -2.00. The highest BCUT2D eigenvalue weighted by molar-refractivity contribution is 5.75. The molecule has 2 N–H and O–H groups in total. The molecule has 0 bridgehead atoms. The predicted molar refractivity (Wildman–Crippen MR) is 69.8 cm³/mol. The second-order valence-corrected chi connectivity index (χ2v) is 4.19. The third kappa shape index (κ3) is 2.40. The highest BCUT2D eigenvalue weighted by Gasteiger charge is 2.09. The van der Waals surface area contributed by atoms with E-state index in [0.29, 0.717) is 17.9 Å². The Labute approximate surface area is 108 Å². The highest BCUT2D eigenvalue weighted by Crippen LogP contribution is 2.17. The van der Waals surface area contributed by atoms with E-state index in [9.17, 15) is 8.78 Å². The largest absolute Gasteiger partial charge is 0.378 e. The van der Waals surface area contributed by atoms with Crippen molar-refractivity contribution in [2.24, 2.45) is 0 Å². The highest BCUT2D eigenvalue weighted by atomic mass is 19.1. The number of rotatable bonds is 3. The van der Waals surface area contributed by atoms with Crippen LogP contribution in [-0.2, 0) is 6.54 Å². The number of nitrogens with zero attached hydrogens (tertiary/aromatic N) is 1. The lowest BCUT2D eigenvalue weighted by atomic mass is 10.3. The number of benzene rings is 2. The van der Waals surface area contributed by atoms with Crippen molar-refractivity contribution in [3.63, 3.8) is 0 Å². The van der Waals surface area contributed by atoms with E-state index in [4.69, 9.17) is 0 Å². The Morgan fingerprint density at radius 3 is 2.68 bits per heavy atom. The first-order valence-electron chi connectivity index (χ1n) is 5.85. The Morgan fingerprint density at radius 1 is 1.11 bits per heavy atom. The standard InChI is InChI=1S/C14H11F2N3/c15-9-6-11(16)14-12(7-9)18-13(19-14)8-17-10-4-2-1-3-5-10/h1-7,17H,8H2,(H,18,19). The van der Waals surface area contributed by atoms with Crippen LogP contribution in [0.3, 0.4) is 0 Å². The Kier molecular flexibility index (Phi) is 2.87. The molecule has 0 saturated heterocycles. The van der Waals surface area contributed by atoms with Gasteiger partial charge in [-0.3, -0.25) is 0 Å². The third-order valence-corrected chi connectivity index (χ3v) is 2.79. The van der Waals surface area contributed by atoms with E-state index in [1.54, 1.807) is 0 Å². The van der Waals surface area contributed by atoms with Crippen LogP contribution in [0.5, 0.6) is 0 Å². The predicted octanol–water partition coefficient (Wildman–Crippen LogP) is 3.45. The van der Waals surface area contributed by atoms with Gasteiger partial charge in [-0.1, -0.05) is 18.2 Å². The lowest BCUT2D eigenvalue weighted by Gasteiger charge is -2.02. The summed E-state index contributed by atoms with van der Waals surface area (Å²) in [6.07, 6.45) is 0. The normalized spacial score (nSPS) is 10.8. The summed E-state index contributed by atoms with van der Waals surface area (Å²) in [7, 11) is 0. The molecule has 0 aliphatic carbocycles. The van der Waals surface area contributed by atoms with E-state index in [1.165, 1.54) is 6.07 Å². The van der Waals surface area contributed by atoms with Crippen molar-refractivity contribution in [1.29, 1.82) is 0 Å². The molecule has 3 rings (SSSR count). The quantitative estimate of drug-likeness (QED) is 0.756.